The molecule has 1 aliphatic rings. The van der Waals surface area contributed by atoms with Crippen LogP contribution < -0.4 is 10.2 Å². The van der Waals surface area contributed by atoms with Crippen LogP contribution in [0.3, 0.4) is 0 Å². The molecule has 0 aliphatic carbocycles. The van der Waals surface area contributed by atoms with Crippen LogP contribution in [0.5, 0.6) is 0 Å². The minimum Gasteiger partial charge on any atom is -0.354 e. The summed E-state index contributed by atoms with van der Waals surface area (Å²) in [5.41, 5.74) is 0. The van der Waals surface area contributed by atoms with Crippen LogP contribution in [-0.4, -0.2) is 36.4 Å². The number of hydrogen-bond donors (Lipinski definition) is 1. The molecule has 0 bridgehead atoms. The van der Waals surface area contributed by atoms with Crippen molar-refractivity contribution in [1.29, 1.82) is 0 Å². The van der Waals surface area contributed by atoms with Gasteiger partial charge in [0, 0.05) is 19.1 Å². The second-order valence-electron chi connectivity index (χ2n) is 3.79. The molecule has 2 heterocycles. The zero-order valence-corrected chi connectivity index (χ0v) is 9.54. The Morgan fingerprint density at radius 2 is 2.33 bits per heavy atom. The Morgan fingerprint density at radius 1 is 1.47 bits per heavy atom. The van der Waals surface area contributed by atoms with Gasteiger partial charge < -0.3 is 10.2 Å². The number of hydrogen-bond acceptors (Lipinski definition) is 4. The Bertz CT molecular complexity index is 314. The summed E-state index contributed by atoms with van der Waals surface area (Å²) in [5.74, 6) is 0.916. The normalized spacial score (nSPS) is 21.7. The molecule has 1 aromatic rings. The summed E-state index contributed by atoms with van der Waals surface area (Å²) in [4.78, 5) is 2.24. The smallest absolute Gasteiger partial charge is 0.151 e. The van der Waals surface area contributed by atoms with Gasteiger partial charge in [0.1, 0.15) is 0 Å². The maximum absolute atomic E-state index is 5.70. The van der Waals surface area contributed by atoms with E-state index in [-0.39, 0.29) is 0 Å². The number of nitrogens with zero attached hydrogens (tertiary/aromatic N) is 3. The topological polar surface area (TPSA) is 41.0 Å². The summed E-state index contributed by atoms with van der Waals surface area (Å²) in [6, 6.07) is 4.26. The maximum Gasteiger partial charge on any atom is 0.151 e. The molecule has 82 valence electrons. The van der Waals surface area contributed by atoms with Crippen molar-refractivity contribution in [2.24, 2.45) is 0 Å². The van der Waals surface area contributed by atoms with E-state index in [1.807, 2.05) is 13.1 Å². The maximum atomic E-state index is 5.70. The molecule has 1 unspecified atom stereocenters. The summed E-state index contributed by atoms with van der Waals surface area (Å²) < 4.78 is 0. The fourth-order valence-corrected chi connectivity index (χ4v) is 2.00. The van der Waals surface area contributed by atoms with Gasteiger partial charge in [-0.15, -0.1) is 10.2 Å². The third-order valence-electron chi connectivity index (χ3n) is 2.77. The Morgan fingerprint density at radius 3 is 3.00 bits per heavy atom. The third kappa shape index (κ3) is 2.58. The van der Waals surface area contributed by atoms with Gasteiger partial charge in [-0.3, -0.25) is 0 Å². The number of halogens is 1. The number of nitrogens with one attached hydrogen (secondary N) is 1. The minimum absolute atomic E-state index is 0.445. The summed E-state index contributed by atoms with van der Waals surface area (Å²) in [5, 5.41) is 11.7. The van der Waals surface area contributed by atoms with Gasteiger partial charge in [0.15, 0.2) is 11.0 Å². The molecular formula is C10H15ClN4. The zero-order chi connectivity index (χ0) is 10.7. The molecule has 2 rings (SSSR count). The van der Waals surface area contributed by atoms with Crippen molar-refractivity contribution in [3.63, 3.8) is 0 Å². The van der Waals surface area contributed by atoms with Crippen LogP contribution in [0.1, 0.15) is 12.8 Å². The van der Waals surface area contributed by atoms with E-state index >= 15 is 0 Å². The lowest BCUT2D eigenvalue weighted by Gasteiger charge is -2.32. The molecule has 1 fully saturated rings. The number of aromatic nitrogens is 2. The van der Waals surface area contributed by atoms with Crippen LogP contribution in [0.15, 0.2) is 12.1 Å². The van der Waals surface area contributed by atoms with Crippen molar-refractivity contribution in [3.05, 3.63) is 17.3 Å². The van der Waals surface area contributed by atoms with Gasteiger partial charge in [-0.05, 0) is 32.0 Å². The monoisotopic (exact) mass is 226 g/mol. The molecule has 1 saturated heterocycles. The highest BCUT2D eigenvalue weighted by Crippen LogP contribution is 2.17. The molecule has 1 aromatic heterocycles. The van der Waals surface area contributed by atoms with E-state index in [0.717, 1.165) is 18.9 Å². The van der Waals surface area contributed by atoms with E-state index in [1.165, 1.54) is 12.8 Å². The first-order chi connectivity index (χ1) is 7.29. The first kappa shape index (κ1) is 10.6. The molecular weight excluding hydrogens is 212 g/mol. The van der Waals surface area contributed by atoms with Gasteiger partial charge in [0.05, 0.1) is 0 Å². The van der Waals surface area contributed by atoms with Gasteiger partial charge >= 0.3 is 0 Å². The lowest BCUT2D eigenvalue weighted by atomic mass is 10.1. The molecule has 4 nitrogen and oxygen atoms in total. The van der Waals surface area contributed by atoms with Crippen LogP contribution in [0.25, 0.3) is 0 Å². The van der Waals surface area contributed by atoms with E-state index in [2.05, 4.69) is 20.4 Å². The number of piperidine rings is 1. The van der Waals surface area contributed by atoms with Crippen LogP contribution >= 0.6 is 11.6 Å². The van der Waals surface area contributed by atoms with Gasteiger partial charge in [0.2, 0.25) is 0 Å². The summed E-state index contributed by atoms with van der Waals surface area (Å²) in [7, 11) is 2.00. The second kappa shape index (κ2) is 4.77. The number of rotatable bonds is 2. The van der Waals surface area contributed by atoms with Crippen LogP contribution in [0.2, 0.25) is 5.15 Å². The van der Waals surface area contributed by atoms with Crippen molar-refractivity contribution in [3.8, 4) is 0 Å². The van der Waals surface area contributed by atoms with Crippen LogP contribution in [-0.2, 0) is 0 Å². The Hall–Kier alpha value is -0.870. The first-order valence-corrected chi connectivity index (χ1v) is 5.59. The van der Waals surface area contributed by atoms with E-state index in [1.54, 1.807) is 6.07 Å². The number of anilines is 1. The van der Waals surface area contributed by atoms with Crippen molar-refractivity contribution in [1.82, 2.24) is 15.5 Å². The standard InChI is InChI=1S/C10H15ClN4/c1-12-8-3-2-6-15(7-8)10-5-4-9(11)13-14-10/h4-5,8,12H,2-3,6-7H2,1H3. The molecule has 15 heavy (non-hydrogen) atoms. The van der Waals surface area contributed by atoms with Gasteiger partial charge in [0.25, 0.3) is 0 Å². The quantitative estimate of drug-likeness (QED) is 0.826. The minimum atomic E-state index is 0.445. The van der Waals surface area contributed by atoms with Crippen molar-refractivity contribution < 1.29 is 0 Å². The van der Waals surface area contributed by atoms with E-state index < -0.39 is 0 Å². The Kier molecular flexibility index (Phi) is 3.38. The fourth-order valence-electron chi connectivity index (χ4n) is 1.90. The second-order valence-corrected chi connectivity index (χ2v) is 4.18. The van der Waals surface area contributed by atoms with Gasteiger partial charge in [-0.2, -0.15) is 0 Å². The predicted octanol–water partition coefficient (Wildman–Crippen LogP) is 1.32. The first-order valence-electron chi connectivity index (χ1n) is 5.21. The predicted molar refractivity (Wildman–Crippen MR) is 61.3 cm³/mol. The lowest BCUT2D eigenvalue weighted by Crippen LogP contribution is -2.44. The summed E-state index contributed by atoms with van der Waals surface area (Å²) >= 11 is 5.70. The van der Waals surface area contributed by atoms with Gasteiger partial charge in [-0.25, -0.2) is 0 Å². The molecule has 5 heteroatoms. The average Bonchev–Trinajstić information content (AvgIpc) is 2.30. The van der Waals surface area contributed by atoms with E-state index in [9.17, 15) is 0 Å². The average molecular weight is 227 g/mol. The SMILES string of the molecule is CNC1CCCN(c2ccc(Cl)nn2)C1. The highest BCUT2D eigenvalue weighted by atomic mass is 35.5. The molecule has 1 atom stereocenters. The molecule has 1 aliphatic heterocycles. The van der Waals surface area contributed by atoms with E-state index in [4.69, 9.17) is 11.6 Å². The molecule has 0 saturated carbocycles. The van der Waals surface area contributed by atoms with Crippen LogP contribution in [0, 0.1) is 0 Å². The fraction of sp³-hybridized carbons (Fsp3) is 0.600. The summed E-state index contributed by atoms with van der Waals surface area (Å²) in [6.07, 6.45) is 2.42. The van der Waals surface area contributed by atoms with E-state index in [0.29, 0.717) is 11.2 Å². The third-order valence-corrected chi connectivity index (χ3v) is 2.97. The highest BCUT2D eigenvalue weighted by molar-refractivity contribution is 6.29. The Balaban J connectivity index is 2.06. The van der Waals surface area contributed by atoms with Crippen molar-refractivity contribution >= 4 is 17.4 Å². The van der Waals surface area contributed by atoms with Crippen molar-refractivity contribution in [2.45, 2.75) is 18.9 Å². The van der Waals surface area contributed by atoms with Gasteiger partial charge in [-0.1, -0.05) is 11.6 Å². The molecule has 0 aromatic carbocycles. The Labute approximate surface area is 94.6 Å². The summed E-state index contributed by atoms with van der Waals surface area (Å²) in [6.45, 7) is 2.04. The number of likely N-dealkylation sites (N-methyl/N-ethyl adjacent to an activating group) is 1. The zero-order valence-electron chi connectivity index (χ0n) is 8.78. The molecule has 0 radical (unpaired) electrons. The highest BCUT2D eigenvalue weighted by Gasteiger charge is 2.19. The molecule has 0 spiro atoms. The van der Waals surface area contributed by atoms with Crippen molar-refractivity contribution in [2.75, 3.05) is 25.0 Å². The van der Waals surface area contributed by atoms with Crippen LogP contribution in [0.4, 0.5) is 5.82 Å². The largest absolute Gasteiger partial charge is 0.354 e. The molecule has 0 amide bonds. The lowest BCUT2D eigenvalue weighted by molar-refractivity contribution is 0.447. The molecule has 1 N–H and O–H groups in total.